The lowest BCUT2D eigenvalue weighted by Crippen LogP contribution is -2.46. The van der Waals surface area contributed by atoms with Gasteiger partial charge in [0.25, 0.3) is 0 Å². The Morgan fingerprint density at radius 1 is 1.05 bits per heavy atom. The summed E-state index contributed by atoms with van der Waals surface area (Å²) in [5.74, 6) is 0. The van der Waals surface area contributed by atoms with E-state index in [9.17, 15) is 5.11 Å². The van der Waals surface area contributed by atoms with Gasteiger partial charge in [0.15, 0.2) is 0 Å². The summed E-state index contributed by atoms with van der Waals surface area (Å²) in [7, 11) is 0. The Morgan fingerprint density at radius 2 is 1.63 bits per heavy atom. The number of hydrogen-bond acceptors (Lipinski definition) is 4. The van der Waals surface area contributed by atoms with E-state index in [4.69, 9.17) is 9.47 Å². The minimum absolute atomic E-state index is 0.0184. The molecule has 0 bridgehead atoms. The van der Waals surface area contributed by atoms with E-state index in [0.717, 1.165) is 6.42 Å². The molecule has 0 aliphatic heterocycles. The third-order valence-corrected chi connectivity index (χ3v) is 2.67. The van der Waals surface area contributed by atoms with Crippen molar-refractivity contribution in [1.82, 2.24) is 5.32 Å². The molecule has 4 nitrogen and oxygen atoms in total. The molecule has 116 valence electrons. The molecule has 4 heteroatoms. The Bertz CT molecular complexity index is 224. The van der Waals surface area contributed by atoms with Crippen LogP contribution >= 0.6 is 0 Å². The molecule has 0 aromatic rings. The summed E-state index contributed by atoms with van der Waals surface area (Å²) in [6.45, 7) is 15.7. The van der Waals surface area contributed by atoms with Crippen molar-refractivity contribution in [2.45, 2.75) is 59.6 Å². The van der Waals surface area contributed by atoms with Gasteiger partial charge in [-0.3, -0.25) is 0 Å². The fourth-order valence-corrected chi connectivity index (χ4v) is 2.32. The standard InChI is InChI=1S/C15H33NO3/c1-7-18-8-9-19-11-13(17)10-16-15(5,6)12-14(2,3)4/h13,16-17H,7-12H2,1-6H3. The van der Waals surface area contributed by atoms with Crippen molar-refractivity contribution in [3.63, 3.8) is 0 Å². The summed E-state index contributed by atoms with van der Waals surface area (Å²) < 4.78 is 10.5. The number of ether oxygens (including phenoxy) is 2. The minimum atomic E-state index is -0.471. The summed E-state index contributed by atoms with van der Waals surface area (Å²) in [5, 5.41) is 13.2. The Morgan fingerprint density at radius 3 is 2.16 bits per heavy atom. The van der Waals surface area contributed by atoms with E-state index >= 15 is 0 Å². The van der Waals surface area contributed by atoms with Gasteiger partial charge >= 0.3 is 0 Å². The first-order valence-electron chi connectivity index (χ1n) is 7.25. The fraction of sp³-hybridized carbons (Fsp3) is 1.00. The predicted octanol–water partition coefficient (Wildman–Crippen LogP) is 2.20. The van der Waals surface area contributed by atoms with E-state index in [1.807, 2.05) is 6.92 Å². The SMILES string of the molecule is CCOCCOCC(O)CNC(C)(C)CC(C)(C)C. The molecule has 0 aromatic carbocycles. The zero-order chi connectivity index (χ0) is 14.9. The first-order chi connectivity index (χ1) is 8.66. The largest absolute Gasteiger partial charge is 0.389 e. The van der Waals surface area contributed by atoms with Crippen LogP contribution in [0.5, 0.6) is 0 Å². The minimum Gasteiger partial charge on any atom is -0.389 e. The zero-order valence-corrected chi connectivity index (χ0v) is 13.6. The second-order valence-electron chi connectivity index (χ2n) is 6.93. The lowest BCUT2D eigenvalue weighted by molar-refractivity contribution is 0.00386. The Hall–Kier alpha value is -0.160. The van der Waals surface area contributed by atoms with E-state index in [-0.39, 0.29) is 11.0 Å². The first-order valence-corrected chi connectivity index (χ1v) is 7.25. The lowest BCUT2D eigenvalue weighted by Gasteiger charge is -2.34. The van der Waals surface area contributed by atoms with Crippen LogP contribution in [0.1, 0.15) is 48.0 Å². The smallest absolute Gasteiger partial charge is 0.0897 e. The van der Waals surface area contributed by atoms with Crippen LogP contribution in [0.2, 0.25) is 0 Å². The summed E-state index contributed by atoms with van der Waals surface area (Å²) in [5.41, 5.74) is 0.292. The highest BCUT2D eigenvalue weighted by Crippen LogP contribution is 2.26. The van der Waals surface area contributed by atoms with Crippen LogP contribution in [-0.2, 0) is 9.47 Å². The predicted molar refractivity (Wildman–Crippen MR) is 79.5 cm³/mol. The second kappa shape index (κ2) is 8.90. The van der Waals surface area contributed by atoms with Crippen molar-refractivity contribution >= 4 is 0 Å². The maximum Gasteiger partial charge on any atom is 0.0897 e. The van der Waals surface area contributed by atoms with Crippen LogP contribution in [0.15, 0.2) is 0 Å². The monoisotopic (exact) mass is 275 g/mol. The Balaban J connectivity index is 3.73. The highest BCUT2D eigenvalue weighted by atomic mass is 16.5. The normalized spacial score (nSPS) is 14.7. The molecule has 0 amide bonds. The van der Waals surface area contributed by atoms with Crippen LogP contribution < -0.4 is 5.32 Å². The van der Waals surface area contributed by atoms with Gasteiger partial charge in [-0.1, -0.05) is 20.8 Å². The molecule has 0 spiro atoms. The number of nitrogens with one attached hydrogen (secondary N) is 1. The zero-order valence-electron chi connectivity index (χ0n) is 13.6. The fourth-order valence-electron chi connectivity index (χ4n) is 2.32. The van der Waals surface area contributed by atoms with E-state index in [0.29, 0.717) is 33.0 Å². The van der Waals surface area contributed by atoms with Gasteiger partial charge in [0.05, 0.1) is 25.9 Å². The summed E-state index contributed by atoms with van der Waals surface area (Å²) >= 11 is 0. The molecule has 0 fully saturated rings. The first kappa shape index (κ1) is 18.8. The third-order valence-electron chi connectivity index (χ3n) is 2.67. The van der Waals surface area contributed by atoms with Crippen LogP contribution in [0.25, 0.3) is 0 Å². The van der Waals surface area contributed by atoms with Crippen molar-refractivity contribution in [2.75, 3.05) is 33.0 Å². The number of β-amino-alcohol motifs (C(OH)–C–C–N with tert-alkyl or cyclic N) is 1. The molecular weight excluding hydrogens is 242 g/mol. The maximum atomic E-state index is 9.84. The third kappa shape index (κ3) is 12.6. The highest BCUT2D eigenvalue weighted by molar-refractivity contribution is 4.84. The van der Waals surface area contributed by atoms with E-state index < -0.39 is 6.10 Å². The molecule has 1 atom stereocenters. The van der Waals surface area contributed by atoms with Crippen molar-refractivity contribution in [3.05, 3.63) is 0 Å². The van der Waals surface area contributed by atoms with Gasteiger partial charge in [0, 0.05) is 18.7 Å². The molecule has 0 radical (unpaired) electrons. The molecule has 2 N–H and O–H groups in total. The lowest BCUT2D eigenvalue weighted by atomic mass is 9.82. The van der Waals surface area contributed by atoms with Crippen LogP contribution in [-0.4, -0.2) is 49.7 Å². The van der Waals surface area contributed by atoms with Crippen molar-refractivity contribution < 1.29 is 14.6 Å². The highest BCUT2D eigenvalue weighted by Gasteiger charge is 2.25. The number of aliphatic hydroxyl groups excluding tert-OH is 1. The van der Waals surface area contributed by atoms with Crippen LogP contribution in [0.4, 0.5) is 0 Å². The molecule has 0 saturated heterocycles. The average Bonchev–Trinajstić information content (AvgIpc) is 2.23. The average molecular weight is 275 g/mol. The Labute approximate surface area is 118 Å². The van der Waals surface area contributed by atoms with Gasteiger partial charge in [0.2, 0.25) is 0 Å². The van der Waals surface area contributed by atoms with Gasteiger partial charge in [-0.15, -0.1) is 0 Å². The molecule has 0 heterocycles. The molecular formula is C15H33NO3. The maximum absolute atomic E-state index is 9.84. The van der Waals surface area contributed by atoms with E-state index in [1.54, 1.807) is 0 Å². The van der Waals surface area contributed by atoms with Crippen molar-refractivity contribution in [3.8, 4) is 0 Å². The van der Waals surface area contributed by atoms with Crippen molar-refractivity contribution in [1.29, 1.82) is 0 Å². The van der Waals surface area contributed by atoms with E-state index in [1.165, 1.54) is 0 Å². The molecule has 0 rings (SSSR count). The molecule has 19 heavy (non-hydrogen) atoms. The van der Waals surface area contributed by atoms with Gasteiger partial charge < -0.3 is 19.9 Å². The van der Waals surface area contributed by atoms with Gasteiger partial charge in [0.1, 0.15) is 0 Å². The summed E-state index contributed by atoms with van der Waals surface area (Å²) in [6.07, 6.45) is 0.582. The summed E-state index contributed by atoms with van der Waals surface area (Å²) in [6, 6.07) is 0. The van der Waals surface area contributed by atoms with Crippen LogP contribution in [0.3, 0.4) is 0 Å². The van der Waals surface area contributed by atoms with E-state index in [2.05, 4.69) is 39.9 Å². The topological polar surface area (TPSA) is 50.7 Å². The Kier molecular flexibility index (Phi) is 8.83. The van der Waals surface area contributed by atoms with Gasteiger partial charge in [-0.25, -0.2) is 0 Å². The van der Waals surface area contributed by atoms with Gasteiger partial charge in [-0.05, 0) is 32.6 Å². The van der Waals surface area contributed by atoms with Crippen molar-refractivity contribution in [2.24, 2.45) is 5.41 Å². The van der Waals surface area contributed by atoms with Crippen LogP contribution in [0, 0.1) is 5.41 Å². The molecule has 0 aliphatic carbocycles. The number of hydrogen-bond donors (Lipinski definition) is 2. The number of rotatable bonds is 10. The molecule has 1 unspecified atom stereocenters. The summed E-state index contributed by atoms with van der Waals surface area (Å²) in [4.78, 5) is 0. The molecule has 0 aromatic heterocycles. The second-order valence-corrected chi connectivity index (χ2v) is 6.93. The molecule has 0 aliphatic rings. The van der Waals surface area contributed by atoms with Gasteiger partial charge in [-0.2, -0.15) is 0 Å². The number of aliphatic hydroxyl groups is 1. The quantitative estimate of drug-likeness (QED) is 0.600. The molecule has 0 saturated carbocycles.